The van der Waals surface area contributed by atoms with Crippen LogP contribution in [-0.4, -0.2) is 26.5 Å². The maximum absolute atomic E-state index is 12.1. The minimum absolute atomic E-state index is 0.0951. The Morgan fingerprint density at radius 1 is 1.72 bits per heavy atom. The summed E-state index contributed by atoms with van der Waals surface area (Å²) in [5.74, 6) is 0.354. The summed E-state index contributed by atoms with van der Waals surface area (Å²) in [5, 5.41) is 14.4. The SMILES string of the molecule is CCC(C)(C(=O)NCc1nccn1C)/C(N)=N/O. The number of hydrogen-bond donors (Lipinski definition) is 3. The van der Waals surface area contributed by atoms with Gasteiger partial charge in [0.25, 0.3) is 0 Å². The molecule has 0 bridgehead atoms. The fraction of sp³-hybridized carbons (Fsp3) is 0.545. The van der Waals surface area contributed by atoms with Crippen molar-refractivity contribution in [3.63, 3.8) is 0 Å². The molecule has 0 saturated heterocycles. The van der Waals surface area contributed by atoms with E-state index in [4.69, 9.17) is 10.9 Å². The van der Waals surface area contributed by atoms with Crippen LogP contribution >= 0.6 is 0 Å². The molecule has 0 radical (unpaired) electrons. The fourth-order valence-electron chi connectivity index (χ4n) is 1.49. The molecule has 4 N–H and O–H groups in total. The first-order chi connectivity index (χ1) is 8.45. The molecule has 0 fully saturated rings. The summed E-state index contributed by atoms with van der Waals surface area (Å²) in [5.41, 5.74) is 4.55. The maximum Gasteiger partial charge on any atom is 0.234 e. The van der Waals surface area contributed by atoms with E-state index < -0.39 is 5.41 Å². The molecule has 18 heavy (non-hydrogen) atoms. The molecule has 1 aromatic rings. The molecule has 100 valence electrons. The van der Waals surface area contributed by atoms with Crippen molar-refractivity contribution in [2.75, 3.05) is 0 Å². The van der Waals surface area contributed by atoms with Crippen LogP contribution in [0.25, 0.3) is 0 Å². The van der Waals surface area contributed by atoms with Crippen LogP contribution in [0.4, 0.5) is 0 Å². The van der Waals surface area contributed by atoms with Gasteiger partial charge < -0.3 is 20.8 Å². The molecule has 0 aliphatic heterocycles. The van der Waals surface area contributed by atoms with Crippen LogP contribution in [0.3, 0.4) is 0 Å². The van der Waals surface area contributed by atoms with Crippen LogP contribution in [0.5, 0.6) is 0 Å². The summed E-state index contributed by atoms with van der Waals surface area (Å²) in [6, 6.07) is 0. The van der Waals surface area contributed by atoms with Crippen LogP contribution in [0.1, 0.15) is 26.1 Å². The number of amides is 1. The lowest BCUT2D eigenvalue weighted by molar-refractivity contribution is -0.127. The molecule has 1 unspecified atom stereocenters. The van der Waals surface area contributed by atoms with Crippen molar-refractivity contribution < 1.29 is 10.0 Å². The first-order valence-corrected chi connectivity index (χ1v) is 5.68. The van der Waals surface area contributed by atoms with E-state index in [1.165, 1.54) is 0 Å². The maximum atomic E-state index is 12.1. The van der Waals surface area contributed by atoms with Crippen LogP contribution in [0.2, 0.25) is 0 Å². The molecule has 0 aliphatic carbocycles. The molecule has 0 aromatic carbocycles. The Balaban J connectivity index is 2.73. The molecule has 1 aromatic heterocycles. The number of nitrogens with one attached hydrogen (secondary N) is 1. The summed E-state index contributed by atoms with van der Waals surface area (Å²) in [6.45, 7) is 3.74. The third kappa shape index (κ3) is 2.61. The third-order valence-electron chi connectivity index (χ3n) is 3.21. The Morgan fingerprint density at radius 2 is 2.39 bits per heavy atom. The Bertz CT molecular complexity index is 454. The number of amidine groups is 1. The van der Waals surface area contributed by atoms with E-state index in [2.05, 4.69) is 15.5 Å². The molecular formula is C11H19N5O2. The van der Waals surface area contributed by atoms with Crippen molar-refractivity contribution >= 4 is 11.7 Å². The van der Waals surface area contributed by atoms with Gasteiger partial charge in [-0.05, 0) is 13.3 Å². The zero-order valence-corrected chi connectivity index (χ0v) is 10.8. The van der Waals surface area contributed by atoms with Crippen molar-refractivity contribution in [2.24, 2.45) is 23.4 Å². The zero-order chi connectivity index (χ0) is 13.8. The molecule has 7 heteroatoms. The number of aryl methyl sites for hydroxylation is 1. The number of hydrogen-bond acceptors (Lipinski definition) is 4. The Labute approximate surface area is 106 Å². The number of nitrogens with zero attached hydrogens (tertiary/aromatic N) is 3. The third-order valence-corrected chi connectivity index (χ3v) is 3.21. The first kappa shape index (κ1) is 14.0. The number of imidazole rings is 1. The number of carbonyl (C=O) groups excluding carboxylic acids is 1. The van der Waals surface area contributed by atoms with Crippen molar-refractivity contribution in [1.82, 2.24) is 14.9 Å². The highest BCUT2D eigenvalue weighted by atomic mass is 16.4. The standard InChI is InChI=1S/C11H19N5O2/c1-4-11(2,9(12)15-18)10(17)14-7-8-13-5-6-16(8)3/h5-6,18H,4,7H2,1-3H3,(H2,12,15)(H,14,17). The molecule has 1 heterocycles. The average molecular weight is 253 g/mol. The highest BCUT2D eigenvalue weighted by Gasteiger charge is 2.36. The summed E-state index contributed by atoms with van der Waals surface area (Å²) in [7, 11) is 1.84. The van der Waals surface area contributed by atoms with Gasteiger partial charge in [-0.2, -0.15) is 0 Å². The van der Waals surface area contributed by atoms with Gasteiger partial charge in [-0.3, -0.25) is 4.79 Å². The predicted octanol–water partition coefficient (Wildman–Crippen LogP) is 0.199. The van der Waals surface area contributed by atoms with Gasteiger partial charge in [-0.1, -0.05) is 12.1 Å². The van der Waals surface area contributed by atoms with Crippen LogP contribution < -0.4 is 11.1 Å². The average Bonchev–Trinajstić information content (AvgIpc) is 2.79. The number of nitrogens with two attached hydrogens (primary N) is 1. The molecule has 1 amide bonds. The Kier molecular flexibility index (Phi) is 4.30. The van der Waals surface area contributed by atoms with Crippen molar-refractivity contribution in [3.05, 3.63) is 18.2 Å². The van der Waals surface area contributed by atoms with E-state index in [0.717, 1.165) is 5.82 Å². The molecular weight excluding hydrogens is 234 g/mol. The second-order valence-electron chi connectivity index (χ2n) is 4.31. The van der Waals surface area contributed by atoms with E-state index in [0.29, 0.717) is 13.0 Å². The van der Waals surface area contributed by atoms with E-state index in [1.807, 2.05) is 11.6 Å². The van der Waals surface area contributed by atoms with Gasteiger partial charge in [0.1, 0.15) is 11.2 Å². The molecule has 0 saturated carbocycles. The monoisotopic (exact) mass is 253 g/mol. The largest absolute Gasteiger partial charge is 0.409 e. The predicted molar refractivity (Wildman–Crippen MR) is 66.9 cm³/mol. The number of aromatic nitrogens is 2. The fourth-order valence-corrected chi connectivity index (χ4v) is 1.49. The number of rotatable bonds is 5. The van der Waals surface area contributed by atoms with E-state index in [1.54, 1.807) is 26.2 Å². The lowest BCUT2D eigenvalue weighted by Crippen LogP contribution is -2.47. The van der Waals surface area contributed by atoms with Gasteiger partial charge in [-0.15, -0.1) is 0 Å². The lowest BCUT2D eigenvalue weighted by Gasteiger charge is -2.25. The van der Waals surface area contributed by atoms with E-state index in [9.17, 15) is 4.79 Å². The van der Waals surface area contributed by atoms with Gasteiger partial charge in [0.2, 0.25) is 5.91 Å². The van der Waals surface area contributed by atoms with Gasteiger partial charge in [0.05, 0.1) is 6.54 Å². The zero-order valence-electron chi connectivity index (χ0n) is 10.8. The lowest BCUT2D eigenvalue weighted by atomic mass is 9.85. The second kappa shape index (κ2) is 5.52. The minimum Gasteiger partial charge on any atom is -0.409 e. The van der Waals surface area contributed by atoms with Crippen LogP contribution in [0.15, 0.2) is 17.5 Å². The molecule has 0 aliphatic rings. The quantitative estimate of drug-likeness (QED) is 0.301. The van der Waals surface area contributed by atoms with Crippen molar-refractivity contribution in [2.45, 2.75) is 26.8 Å². The van der Waals surface area contributed by atoms with Gasteiger partial charge in [0, 0.05) is 19.4 Å². The number of carbonyl (C=O) groups is 1. The highest BCUT2D eigenvalue weighted by Crippen LogP contribution is 2.21. The van der Waals surface area contributed by atoms with Crippen molar-refractivity contribution in [1.29, 1.82) is 0 Å². The first-order valence-electron chi connectivity index (χ1n) is 5.68. The van der Waals surface area contributed by atoms with Crippen molar-refractivity contribution in [3.8, 4) is 0 Å². The van der Waals surface area contributed by atoms with E-state index >= 15 is 0 Å². The van der Waals surface area contributed by atoms with E-state index in [-0.39, 0.29) is 11.7 Å². The minimum atomic E-state index is -1.01. The second-order valence-corrected chi connectivity index (χ2v) is 4.31. The normalized spacial score (nSPS) is 15.2. The summed E-state index contributed by atoms with van der Waals surface area (Å²) in [6.07, 6.45) is 3.89. The smallest absolute Gasteiger partial charge is 0.234 e. The van der Waals surface area contributed by atoms with Gasteiger partial charge in [-0.25, -0.2) is 4.98 Å². The molecule has 1 rings (SSSR count). The summed E-state index contributed by atoms with van der Waals surface area (Å²) >= 11 is 0. The Hall–Kier alpha value is -2.05. The Morgan fingerprint density at radius 3 is 2.83 bits per heavy atom. The molecule has 1 atom stereocenters. The molecule has 0 spiro atoms. The molecule has 7 nitrogen and oxygen atoms in total. The van der Waals surface area contributed by atoms with Gasteiger partial charge >= 0.3 is 0 Å². The van der Waals surface area contributed by atoms with Crippen LogP contribution in [-0.2, 0) is 18.4 Å². The topological polar surface area (TPSA) is 106 Å². The highest BCUT2D eigenvalue weighted by molar-refractivity contribution is 6.06. The number of oxime groups is 1. The summed E-state index contributed by atoms with van der Waals surface area (Å²) < 4.78 is 1.81. The van der Waals surface area contributed by atoms with Crippen LogP contribution in [0, 0.1) is 5.41 Å². The summed E-state index contributed by atoms with van der Waals surface area (Å²) in [4.78, 5) is 16.2. The van der Waals surface area contributed by atoms with Gasteiger partial charge in [0.15, 0.2) is 5.84 Å².